The van der Waals surface area contributed by atoms with Crippen molar-refractivity contribution in [2.24, 2.45) is 11.7 Å². The molecule has 0 amide bonds. The summed E-state index contributed by atoms with van der Waals surface area (Å²) in [5, 5.41) is 0. The van der Waals surface area contributed by atoms with Crippen molar-refractivity contribution in [3.05, 3.63) is 29.6 Å². The van der Waals surface area contributed by atoms with E-state index in [1.807, 2.05) is 13.2 Å². The van der Waals surface area contributed by atoms with Gasteiger partial charge in [0.25, 0.3) is 0 Å². The van der Waals surface area contributed by atoms with Gasteiger partial charge in [0.2, 0.25) is 10.0 Å². The summed E-state index contributed by atoms with van der Waals surface area (Å²) in [6, 6.07) is 3.66. The Kier molecular flexibility index (Phi) is 7.18. The van der Waals surface area contributed by atoms with Gasteiger partial charge in [0, 0.05) is 6.54 Å². The SMILES string of the molecule is CSCC(C)CNS(=O)(=O)c1ccc(C#CCN)c(F)c1. The number of halogens is 1. The molecule has 0 aliphatic carbocycles. The average Bonchev–Trinajstić information content (AvgIpc) is 2.44. The van der Waals surface area contributed by atoms with Crippen molar-refractivity contribution < 1.29 is 12.8 Å². The molecule has 1 aromatic rings. The fourth-order valence-electron chi connectivity index (χ4n) is 1.59. The van der Waals surface area contributed by atoms with Gasteiger partial charge < -0.3 is 5.73 Å². The molecule has 0 saturated carbocycles. The normalized spacial score (nSPS) is 12.6. The van der Waals surface area contributed by atoms with Crippen molar-refractivity contribution in [2.45, 2.75) is 11.8 Å². The Balaban J connectivity index is 2.87. The number of hydrogen-bond acceptors (Lipinski definition) is 4. The van der Waals surface area contributed by atoms with Gasteiger partial charge in [0.05, 0.1) is 17.0 Å². The summed E-state index contributed by atoms with van der Waals surface area (Å²) < 4.78 is 40.4. The molecule has 0 radical (unpaired) electrons. The number of nitrogens with one attached hydrogen (secondary N) is 1. The van der Waals surface area contributed by atoms with E-state index >= 15 is 0 Å². The van der Waals surface area contributed by atoms with Crippen LogP contribution in [0.2, 0.25) is 0 Å². The van der Waals surface area contributed by atoms with Crippen molar-refractivity contribution in [3.63, 3.8) is 0 Å². The van der Waals surface area contributed by atoms with E-state index in [1.54, 1.807) is 11.8 Å². The summed E-state index contributed by atoms with van der Waals surface area (Å²) >= 11 is 1.65. The molecule has 21 heavy (non-hydrogen) atoms. The first kappa shape index (κ1) is 18.0. The summed E-state index contributed by atoms with van der Waals surface area (Å²) in [4.78, 5) is -0.102. The van der Waals surface area contributed by atoms with Crippen LogP contribution < -0.4 is 10.5 Å². The molecule has 3 N–H and O–H groups in total. The van der Waals surface area contributed by atoms with Gasteiger partial charge in [0.15, 0.2) is 0 Å². The summed E-state index contributed by atoms with van der Waals surface area (Å²) in [7, 11) is -3.71. The largest absolute Gasteiger partial charge is 0.320 e. The summed E-state index contributed by atoms with van der Waals surface area (Å²) in [5.41, 5.74) is 5.35. The zero-order valence-electron chi connectivity index (χ0n) is 12.0. The Morgan fingerprint density at radius 1 is 1.48 bits per heavy atom. The lowest BCUT2D eigenvalue weighted by Crippen LogP contribution is -2.29. The van der Waals surface area contributed by atoms with Crippen LogP contribution >= 0.6 is 11.8 Å². The smallest absolute Gasteiger partial charge is 0.240 e. The van der Waals surface area contributed by atoms with E-state index in [0.29, 0.717) is 6.54 Å². The molecule has 0 heterocycles. The molecule has 1 atom stereocenters. The van der Waals surface area contributed by atoms with Crippen LogP contribution in [0.1, 0.15) is 12.5 Å². The van der Waals surface area contributed by atoms with E-state index in [-0.39, 0.29) is 22.9 Å². The van der Waals surface area contributed by atoms with E-state index in [9.17, 15) is 12.8 Å². The maximum atomic E-state index is 13.8. The number of nitrogens with two attached hydrogens (primary N) is 1. The first-order valence-corrected chi connectivity index (χ1v) is 9.25. The van der Waals surface area contributed by atoms with E-state index in [4.69, 9.17) is 5.73 Å². The van der Waals surface area contributed by atoms with Crippen LogP contribution in [0.4, 0.5) is 4.39 Å². The van der Waals surface area contributed by atoms with Crippen LogP contribution in [0, 0.1) is 23.6 Å². The molecule has 1 rings (SSSR count). The van der Waals surface area contributed by atoms with Crippen LogP contribution in [0.25, 0.3) is 0 Å². The van der Waals surface area contributed by atoms with Gasteiger partial charge in [-0.05, 0) is 36.1 Å². The lowest BCUT2D eigenvalue weighted by atomic mass is 10.2. The summed E-state index contributed by atoms with van der Waals surface area (Å²) in [6.45, 7) is 2.39. The fourth-order valence-corrected chi connectivity index (χ4v) is 3.45. The molecule has 0 aliphatic rings. The molecule has 4 nitrogen and oxygen atoms in total. The Hall–Kier alpha value is -1.07. The molecular formula is C14H19FN2O2S2. The molecule has 7 heteroatoms. The van der Waals surface area contributed by atoms with E-state index in [0.717, 1.165) is 11.8 Å². The van der Waals surface area contributed by atoms with Gasteiger partial charge in [-0.1, -0.05) is 18.8 Å². The van der Waals surface area contributed by atoms with Gasteiger partial charge >= 0.3 is 0 Å². The molecule has 1 unspecified atom stereocenters. The monoisotopic (exact) mass is 330 g/mol. The van der Waals surface area contributed by atoms with Gasteiger partial charge in [-0.15, -0.1) is 0 Å². The Morgan fingerprint density at radius 3 is 2.76 bits per heavy atom. The van der Waals surface area contributed by atoms with Crippen molar-refractivity contribution in [1.29, 1.82) is 0 Å². The number of benzene rings is 1. The number of hydrogen-bond donors (Lipinski definition) is 2. The van der Waals surface area contributed by atoms with Gasteiger partial charge in [-0.2, -0.15) is 11.8 Å². The first-order valence-electron chi connectivity index (χ1n) is 6.37. The van der Waals surface area contributed by atoms with Crippen LogP contribution in [0.5, 0.6) is 0 Å². The lowest BCUT2D eigenvalue weighted by Gasteiger charge is -2.12. The highest BCUT2D eigenvalue weighted by molar-refractivity contribution is 7.98. The zero-order chi connectivity index (χ0) is 15.9. The third kappa shape index (κ3) is 5.67. The Morgan fingerprint density at radius 2 is 2.19 bits per heavy atom. The summed E-state index contributed by atoms with van der Waals surface area (Å²) in [6.07, 6.45) is 1.96. The van der Waals surface area contributed by atoms with Crippen LogP contribution in [0.3, 0.4) is 0 Å². The lowest BCUT2D eigenvalue weighted by molar-refractivity contribution is 0.560. The quantitative estimate of drug-likeness (QED) is 0.774. The van der Waals surface area contributed by atoms with Crippen molar-refractivity contribution in [1.82, 2.24) is 4.72 Å². The Bertz CT molecular complexity index is 636. The standard InChI is InChI=1S/C14H19FN2O2S2/c1-11(10-20-2)9-17-21(18,19)13-6-5-12(4-3-7-16)14(15)8-13/h5-6,8,11,17H,7,9-10,16H2,1-2H3. The third-order valence-corrected chi connectivity index (χ3v) is 4.97. The molecule has 0 aromatic heterocycles. The third-order valence-electron chi connectivity index (χ3n) is 2.65. The van der Waals surface area contributed by atoms with Crippen molar-refractivity contribution >= 4 is 21.8 Å². The molecule has 0 spiro atoms. The molecule has 0 fully saturated rings. The van der Waals surface area contributed by atoms with Gasteiger partial charge in [-0.25, -0.2) is 17.5 Å². The van der Waals surface area contributed by atoms with Crippen LogP contribution in [-0.2, 0) is 10.0 Å². The highest BCUT2D eigenvalue weighted by Crippen LogP contribution is 2.15. The molecule has 116 valence electrons. The predicted octanol–water partition coefficient (Wildman–Crippen LogP) is 1.41. The zero-order valence-corrected chi connectivity index (χ0v) is 13.7. The highest BCUT2D eigenvalue weighted by Gasteiger charge is 2.16. The Labute approximate surface area is 129 Å². The molecular weight excluding hydrogens is 311 g/mol. The summed E-state index contributed by atoms with van der Waals surface area (Å²) in [5.74, 6) is 5.46. The van der Waals surface area contributed by atoms with Crippen LogP contribution in [-0.4, -0.2) is 33.5 Å². The second-order valence-electron chi connectivity index (χ2n) is 4.56. The number of rotatable bonds is 6. The van der Waals surface area contributed by atoms with E-state index < -0.39 is 15.8 Å². The maximum absolute atomic E-state index is 13.8. The number of thioether (sulfide) groups is 1. The first-order chi connectivity index (χ1) is 9.90. The van der Waals surface area contributed by atoms with Crippen LogP contribution in [0.15, 0.2) is 23.1 Å². The predicted molar refractivity (Wildman–Crippen MR) is 85.1 cm³/mol. The minimum absolute atomic E-state index is 0.102. The van der Waals surface area contributed by atoms with E-state index in [1.165, 1.54) is 12.1 Å². The van der Waals surface area contributed by atoms with Crippen molar-refractivity contribution in [2.75, 3.05) is 25.1 Å². The molecule has 0 bridgehead atoms. The van der Waals surface area contributed by atoms with Gasteiger partial charge in [-0.3, -0.25) is 0 Å². The second-order valence-corrected chi connectivity index (χ2v) is 7.24. The molecule has 0 aliphatic heterocycles. The highest BCUT2D eigenvalue weighted by atomic mass is 32.2. The molecule has 0 saturated heterocycles. The van der Waals surface area contributed by atoms with E-state index in [2.05, 4.69) is 16.6 Å². The topological polar surface area (TPSA) is 72.2 Å². The number of sulfonamides is 1. The second kappa shape index (κ2) is 8.39. The fraction of sp³-hybridized carbons (Fsp3) is 0.429. The maximum Gasteiger partial charge on any atom is 0.240 e. The van der Waals surface area contributed by atoms with Crippen molar-refractivity contribution in [3.8, 4) is 11.8 Å². The minimum Gasteiger partial charge on any atom is -0.320 e. The van der Waals surface area contributed by atoms with Gasteiger partial charge in [0.1, 0.15) is 5.82 Å². The molecule has 1 aromatic carbocycles. The minimum atomic E-state index is -3.71. The average molecular weight is 330 g/mol.